The van der Waals surface area contributed by atoms with Gasteiger partial charge in [-0.1, -0.05) is 13.0 Å². The highest BCUT2D eigenvalue weighted by atomic mass is 32.1. The molecule has 0 radical (unpaired) electrons. The fourth-order valence-corrected chi connectivity index (χ4v) is 3.07. The minimum atomic E-state index is 0.195. The summed E-state index contributed by atoms with van der Waals surface area (Å²) in [5, 5.41) is 12.3. The molecule has 0 aliphatic rings. The zero-order chi connectivity index (χ0) is 10.7. The second-order valence-corrected chi connectivity index (χ2v) is 5.68. The highest BCUT2D eigenvalue weighted by molar-refractivity contribution is 7.12. The molecule has 2 aromatic rings. The van der Waals surface area contributed by atoms with Crippen LogP contribution in [-0.4, -0.2) is 16.7 Å². The van der Waals surface area contributed by atoms with Gasteiger partial charge in [0.1, 0.15) is 0 Å². The summed E-state index contributed by atoms with van der Waals surface area (Å²) >= 11 is 3.46. The van der Waals surface area contributed by atoms with E-state index in [4.69, 9.17) is 5.11 Å². The van der Waals surface area contributed by atoms with Crippen LogP contribution >= 0.6 is 22.7 Å². The van der Waals surface area contributed by atoms with Crippen molar-refractivity contribution in [2.75, 3.05) is 6.61 Å². The van der Waals surface area contributed by atoms with E-state index in [1.165, 1.54) is 9.75 Å². The molecule has 2 heterocycles. The van der Waals surface area contributed by atoms with Crippen LogP contribution < -0.4 is 0 Å². The first-order chi connectivity index (χ1) is 7.29. The molecule has 1 atom stereocenters. The summed E-state index contributed by atoms with van der Waals surface area (Å²) in [5.41, 5.74) is 0. The van der Waals surface area contributed by atoms with E-state index in [0.29, 0.717) is 0 Å². The third-order valence-corrected chi connectivity index (χ3v) is 4.34. The maximum Gasteiger partial charge on any atom is 0.0979 e. The molecule has 0 saturated heterocycles. The van der Waals surface area contributed by atoms with Crippen LogP contribution in [0.3, 0.4) is 0 Å². The van der Waals surface area contributed by atoms with Crippen LogP contribution in [0.25, 0.3) is 0 Å². The van der Waals surface area contributed by atoms with E-state index < -0.39 is 0 Å². The fourth-order valence-electron chi connectivity index (χ4n) is 1.29. The van der Waals surface area contributed by atoms with Gasteiger partial charge >= 0.3 is 0 Å². The Kier molecular flexibility index (Phi) is 3.51. The highest BCUT2D eigenvalue weighted by Gasteiger charge is 2.09. The molecule has 0 aliphatic heterocycles. The number of aliphatic hydroxyl groups is 1. The van der Waals surface area contributed by atoms with Crippen LogP contribution in [0.2, 0.25) is 0 Å². The second-order valence-electron chi connectivity index (χ2n) is 3.50. The lowest BCUT2D eigenvalue weighted by molar-refractivity contribution is 0.274. The lowest BCUT2D eigenvalue weighted by Gasteiger charge is -2.01. The van der Waals surface area contributed by atoms with Crippen molar-refractivity contribution in [3.8, 4) is 0 Å². The standard InChI is InChI=1S/C11H13NOS2/c1-8(7-13)10-6-12-11(15-10)5-9-3-2-4-14-9/h2-4,6,8,13H,5,7H2,1H3. The van der Waals surface area contributed by atoms with Crippen molar-refractivity contribution in [1.82, 2.24) is 4.98 Å². The van der Waals surface area contributed by atoms with Gasteiger partial charge in [0, 0.05) is 28.3 Å². The molecular weight excluding hydrogens is 226 g/mol. The molecule has 0 spiro atoms. The minimum absolute atomic E-state index is 0.195. The molecule has 0 saturated carbocycles. The number of nitrogens with zero attached hydrogens (tertiary/aromatic N) is 1. The molecule has 0 amide bonds. The van der Waals surface area contributed by atoms with Gasteiger partial charge < -0.3 is 5.11 Å². The van der Waals surface area contributed by atoms with Crippen LogP contribution in [0.1, 0.15) is 27.6 Å². The summed E-state index contributed by atoms with van der Waals surface area (Å²) in [6.07, 6.45) is 2.80. The molecule has 1 unspecified atom stereocenters. The van der Waals surface area contributed by atoms with E-state index in [0.717, 1.165) is 11.4 Å². The van der Waals surface area contributed by atoms with Gasteiger partial charge in [0.05, 0.1) is 11.6 Å². The Morgan fingerprint density at radius 1 is 1.53 bits per heavy atom. The van der Waals surface area contributed by atoms with Gasteiger partial charge in [0.25, 0.3) is 0 Å². The molecule has 2 aromatic heterocycles. The lowest BCUT2D eigenvalue weighted by atomic mass is 10.2. The van der Waals surface area contributed by atoms with E-state index >= 15 is 0 Å². The largest absolute Gasteiger partial charge is 0.396 e. The third kappa shape index (κ3) is 2.65. The predicted octanol–water partition coefficient (Wildman–Crippen LogP) is 2.89. The maximum atomic E-state index is 9.04. The first kappa shape index (κ1) is 10.8. The Balaban J connectivity index is 2.07. The lowest BCUT2D eigenvalue weighted by Crippen LogP contribution is -1.94. The summed E-state index contributed by atoms with van der Waals surface area (Å²) in [5.74, 6) is 0.208. The molecule has 15 heavy (non-hydrogen) atoms. The number of aliphatic hydroxyl groups excluding tert-OH is 1. The van der Waals surface area contributed by atoms with Crippen LogP contribution in [0.4, 0.5) is 0 Å². The number of hydrogen-bond acceptors (Lipinski definition) is 4. The Morgan fingerprint density at radius 3 is 3.07 bits per heavy atom. The Morgan fingerprint density at radius 2 is 2.40 bits per heavy atom. The number of aromatic nitrogens is 1. The molecule has 2 nitrogen and oxygen atoms in total. The number of hydrogen-bond donors (Lipinski definition) is 1. The van der Waals surface area contributed by atoms with Crippen molar-refractivity contribution < 1.29 is 5.11 Å². The SMILES string of the molecule is CC(CO)c1cnc(Cc2cccs2)s1. The van der Waals surface area contributed by atoms with E-state index in [-0.39, 0.29) is 12.5 Å². The van der Waals surface area contributed by atoms with Gasteiger partial charge in [0.15, 0.2) is 0 Å². The molecule has 0 aliphatic carbocycles. The summed E-state index contributed by atoms with van der Waals surface area (Å²) < 4.78 is 0. The molecule has 0 fully saturated rings. The zero-order valence-corrected chi connectivity index (χ0v) is 10.1. The van der Waals surface area contributed by atoms with Crippen molar-refractivity contribution in [3.63, 3.8) is 0 Å². The predicted molar refractivity (Wildman–Crippen MR) is 64.7 cm³/mol. The molecule has 1 N–H and O–H groups in total. The first-order valence-electron chi connectivity index (χ1n) is 4.87. The minimum Gasteiger partial charge on any atom is -0.396 e. The highest BCUT2D eigenvalue weighted by Crippen LogP contribution is 2.24. The summed E-state index contributed by atoms with van der Waals surface area (Å²) in [6, 6.07) is 4.19. The number of thiophene rings is 1. The van der Waals surface area contributed by atoms with Crippen molar-refractivity contribution in [1.29, 1.82) is 0 Å². The molecule has 4 heteroatoms. The van der Waals surface area contributed by atoms with Gasteiger partial charge in [-0.2, -0.15) is 0 Å². The van der Waals surface area contributed by atoms with Gasteiger partial charge in [-0.25, -0.2) is 4.98 Å². The van der Waals surface area contributed by atoms with Crippen molar-refractivity contribution in [2.24, 2.45) is 0 Å². The van der Waals surface area contributed by atoms with E-state index in [2.05, 4.69) is 22.5 Å². The van der Waals surface area contributed by atoms with Crippen molar-refractivity contribution >= 4 is 22.7 Å². The Labute approximate surface area is 97.2 Å². The smallest absolute Gasteiger partial charge is 0.0979 e. The maximum absolute atomic E-state index is 9.04. The molecule has 0 aromatic carbocycles. The molecule has 2 rings (SSSR count). The Hall–Kier alpha value is -0.710. The van der Waals surface area contributed by atoms with E-state index in [9.17, 15) is 0 Å². The molecule has 80 valence electrons. The first-order valence-corrected chi connectivity index (χ1v) is 6.57. The van der Waals surface area contributed by atoms with Crippen LogP contribution in [0.5, 0.6) is 0 Å². The summed E-state index contributed by atoms with van der Waals surface area (Å²) in [6.45, 7) is 2.21. The number of rotatable bonds is 4. The summed E-state index contributed by atoms with van der Waals surface area (Å²) in [4.78, 5) is 6.88. The van der Waals surface area contributed by atoms with Gasteiger partial charge in [-0.05, 0) is 11.4 Å². The topological polar surface area (TPSA) is 33.1 Å². The Bertz CT molecular complexity index is 408. The quantitative estimate of drug-likeness (QED) is 0.890. The normalized spacial score (nSPS) is 12.9. The van der Waals surface area contributed by atoms with E-state index in [1.807, 2.05) is 13.1 Å². The average molecular weight is 239 g/mol. The molecule has 0 bridgehead atoms. The van der Waals surface area contributed by atoms with Gasteiger partial charge in [-0.3, -0.25) is 0 Å². The average Bonchev–Trinajstić information content (AvgIpc) is 2.88. The van der Waals surface area contributed by atoms with E-state index in [1.54, 1.807) is 22.7 Å². The fraction of sp³-hybridized carbons (Fsp3) is 0.364. The summed E-state index contributed by atoms with van der Waals surface area (Å²) in [7, 11) is 0. The van der Waals surface area contributed by atoms with Crippen molar-refractivity contribution in [2.45, 2.75) is 19.3 Å². The number of thiazole rings is 1. The third-order valence-electron chi connectivity index (χ3n) is 2.24. The second kappa shape index (κ2) is 4.88. The monoisotopic (exact) mass is 239 g/mol. The van der Waals surface area contributed by atoms with Gasteiger partial charge in [0.2, 0.25) is 0 Å². The van der Waals surface area contributed by atoms with Crippen LogP contribution in [0.15, 0.2) is 23.7 Å². The molecular formula is C11H13NOS2. The van der Waals surface area contributed by atoms with Gasteiger partial charge in [-0.15, -0.1) is 22.7 Å². The zero-order valence-electron chi connectivity index (χ0n) is 8.51. The van der Waals surface area contributed by atoms with Crippen LogP contribution in [0, 0.1) is 0 Å². The van der Waals surface area contributed by atoms with Crippen LogP contribution in [-0.2, 0) is 6.42 Å². The van der Waals surface area contributed by atoms with Crippen molar-refractivity contribution in [3.05, 3.63) is 38.5 Å².